The summed E-state index contributed by atoms with van der Waals surface area (Å²) in [5, 5.41) is 12.2. The zero-order valence-electron chi connectivity index (χ0n) is 11.9. The first-order valence-corrected chi connectivity index (χ1v) is 7.57. The topological polar surface area (TPSA) is 79.3 Å². The molecule has 0 bridgehead atoms. The van der Waals surface area contributed by atoms with Gasteiger partial charge in [-0.1, -0.05) is 24.9 Å². The highest BCUT2D eigenvalue weighted by Crippen LogP contribution is 2.26. The molecule has 2 atom stereocenters. The van der Waals surface area contributed by atoms with Gasteiger partial charge in [0.25, 0.3) is 5.91 Å². The molecule has 0 unspecified atom stereocenters. The van der Waals surface area contributed by atoms with E-state index in [2.05, 4.69) is 10.3 Å². The Morgan fingerprint density at radius 2 is 2.19 bits per heavy atom. The number of hydrogen-bond donors (Lipinski definition) is 2. The van der Waals surface area contributed by atoms with E-state index in [-0.39, 0.29) is 17.9 Å². The number of pyridine rings is 1. The molecule has 1 aliphatic rings. The van der Waals surface area contributed by atoms with Gasteiger partial charge in [0, 0.05) is 17.3 Å². The predicted molar refractivity (Wildman–Crippen MR) is 79.5 cm³/mol. The summed E-state index contributed by atoms with van der Waals surface area (Å²) in [4.78, 5) is 27.3. The van der Waals surface area contributed by atoms with Gasteiger partial charge in [-0.05, 0) is 37.8 Å². The molecule has 1 aliphatic carbocycles. The van der Waals surface area contributed by atoms with E-state index in [9.17, 15) is 9.59 Å². The second-order valence-electron chi connectivity index (χ2n) is 5.44. The lowest BCUT2D eigenvalue weighted by Crippen LogP contribution is -2.33. The Balaban J connectivity index is 2.02. The maximum absolute atomic E-state index is 12.2. The Morgan fingerprint density at radius 3 is 2.81 bits per heavy atom. The average Bonchev–Trinajstić information content (AvgIpc) is 2.87. The number of halogens is 1. The van der Waals surface area contributed by atoms with Gasteiger partial charge in [0.2, 0.25) is 0 Å². The Kier molecular flexibility index (Phi) is 5.17. The predicted octanol–water partition coefficient (Wildman–Crippen LogP) is 2.67. The van der Waals surface area contributed by atoms with Crippen LogP contribution in [-0.2, 0) is 11.2 Å². The fraction of sp³-hybridized carbons (Fsp3) is 0.533. The van der Waals surface area contributed by atoms with Crippen molar-refractivity contribution >= 4 is 23.5 Å². The van der Waals surface area contributed by atoms with Crippen molar-refractivity contribution in [3.63, 3.8) is 0 Å². The van der Waals surface area contributed by atoms with E-state index in [0.717, 1.165) is 18.5 Å². The molecule has 1 aromatic rings. The minimum Gasteiger partial charge on any atom is -0.481 e. The maximum atomic E-state index is 12.2. The van der Waals surface area contributed by atoms with Crippen LogP contribution in [0.5, 0.6) is 0 Å². The number of carbonyl (C=O) groups is 2. The first kappa shape index (κ1) is 15.8. The van der Waals surface area contributed by atoms with Crippen molar-refractivity contribution in [3.05, 3.63) is 28.5 Å². The molecule has 0 spiro atoms. The number of carboxylic acids is 1. The molecule has 6 heteroatoms. The first-order chi connectivity index (χ1) is 9.99. The molecule has 0 aromatic carbocycles. The zero-order chi connectivity index (χ0) is 15.4. The Bertz CT molecular complexity index is 548. The molecular formula is C15H19ClN2O3. The summed E-state index contributed by atoms with van der Waals surface area (Å²) in [6.45, 7) is 2.03. The van der Waals surface area contributed by atoms with E-state index in [1.165, 1.54) is 0 Å². The van der Waals surface area contributed by atoms with E-state index >= 15 is 0 Å². The summed E-state index contributed by atoms with van der Waals surface area (Å²) in [6.07, 6.45) is 3.49. The molecule has 0 saturated heterocycles. The third-order valence-corrected chi connectivity index (χ3v) is 3.93. The normalized spacial score (nSPS) is 21.2. The van der Waals surface area contributed by atoms with Crippen LogP contribution in [0.3, 0.4) is 0 Å². The number of aryl methyl sites for hydroxylation is 1. The van der Waals surface area contributed by atoms with Crippen LogP contribution in [0.4, 0.5) is 0 Å². The van der Waals surface area contributed by atoms with Gasteiger partial charge >= 0.3 is 5.97 Å². The number of carboxylic acid groups (broad SMARTS) is 1. The van der Waals surface area contributed by atoms with Crippen LogP contribution >= 0.6 is 11.6 Å². The molecule has 0 radical (unpaired) electrons. The van der Waals surface area contributed by atoms with Crippen molar-refractivity contribution in [3.8, 4) is 0 Å². The second-order valence-corrected chi connectivity index (χ2v) is 5.83. The van der Waals surface area contributed by atoms with E-state index in [4.69, 9.17) is 16.7 Å². The van der Waals surface area contributed by atoms with Gasteiger partial charge in [0.05, 0.1) is 5.92 Å². The highest BCUT2D eigenvalue weighted by Gasteiger charge is 2.30. The van der Waals surface area contributed by atoms with Crippen LogP contribution in [0, 0.1) is 5.92 Å². The molecule has 2 rings (SSSR count). The number of carbonyl (C=O) groups excluding carboxylic acids is 1. The van der Waals surface area contributed by atoms with Gasteiger partial charge in [-0.15, -0.1) is 0 Å². The van der Waals surface area contributed by atoms with Crippen molar-refractivity contribution in [2.24, 2.45) is 5.92 Å². The van der Waals surface area contributed by atoms with Crippen molar-refractivity contribution in [1.82, 2.24) is 10.3 Å². The largest absolute Gasteiger partial charge is 0.481 e. The lowest BCUT2D eigenvalue weighted by molar-refractivity contribution is -0.141. The number of nitrogens with zero attached hydrogens (tertiary/aromatic N) is 1. The monoisotopic (exact) mass is 310 g/mol. The van der Waals surface area contributed by atoms with Crippen molar-refractivity contribution in [2.45, 2.75) is 45.1 Å². The van der Waals surface area contributed by atoms with Crippen LogP contribution in [0.15, 0.2) is 12.1 Å². The molecule has 1 aromatic heterocycles. The fourth-order valence-corrected chi connectivity index (χ4v) is 2.90. The number of nitrogens with one attached hydrogen (secondary N) is 1. The standard InChI is InChI=1S/C15H19ClN2O3/c1-2-3-11-7-10(8-13(16)17-11)14(19)18-12-5-4-9(6-12)15(20)21/h7-9,12H,2-6H2,1H3,(H,18,19)(H,20,21)/t9-,12+/m1/s1. The van der Waals surface area contributed by atoms with E-state index in [1.807, 2.05) is 6.92 Å². The molecule has 21 heavy (non-hydrogen) atoms. The smallest absolute Gasteiger partial charge is 0.306 e. The lowest BCUT2D eigenvalue weighted by atomic mass is 10.1. The van der Waals surface area contributed by atoms with Crippen molar-refractivity contribution in [1.29, 1.82) is 0 Å². The third-order valence-electron chi connectivity index (χ3n) is 3.73. The maximum Gasteiger partial charge on any atom is 0.306 e. The van der Waals surface area contributed by atoms with Crippen molar-refractivity contribution in [2.75, 3.05) is 0 Å². The highest BCUT2D eigenvalue weighted by atomic mass is 35.5. The van der Waals surface area contributed by atoms with Crippen LogP contribution < -0.4 is 5.32 Å². The highest BCUT2D eigenvalue weighted by molar-refractivity contribution is 6.29. The Hall–Kier alpha value is -1.62. The molecule has 114 valence electrons. The number of hydrogen-bond acceptors (Lipinski definition) is 3. The molecular weight excluding hydrogens is 292 g/mol. The number of amides is 1. The SMILES string of the molecule is CCCc1cc(C(=O)N[C@H]2CC[C@@H](C(=O)O)C2)cc(Cl)n1. The van der Waals surface area contributed by atoms with Crippen LogP contribution in [0.1, 0.15) is 48.7 Å². The lowest BCUT2D eigenvalue weighted by Gasteiger charge is -2.13. The zero-order valence-corrected chi connectivity index (χ0v) is 12.7. The Labute approximate surface area is 128 Å². The second kappa shape index (κ2) is 6.89. The minimum absolute atomic E-state index is 0.0832. The number of aliphatic carboxylic acids is 1. The summed E-state index contributed by atoms with van der Waals surface area (Å²) in [6, 6.07) is 3.20. The summed E-state index contributed by atoms with van der Waals surface area (Å²) in [5.41, 5.74) is 1.28. The minimum atomic E-state index is -0.788. The molecule has 1 amide bonds. The summed E-state index contributed by atoms with van der Waals surface area (Å²) in [5.74, 6) is -1.36. The van der Waals surface area contributed by atoms with Gasteiger partial charge < -0.3 is 10.4 Å². The van der Waals surface area contributed by atoms with E-state index in [0.29, 0.717) is 30.0 Å². The van der Waals surface area contributed by atoms with Gasteiger partial charge in [0.1, 0.15) is 5.15 Å². The van der Waals surface area contributed by atoms with Crippen molar-refractivity contribution < 1.29 is 14.7 Å². The molecule has 5 nitrogen and oxygen atoms in total. The van der Waals surface area contributed by atoms with Gasteiger partial charge in [-0.2, -0.15) is 0 Å². The van der Waals surface area contributed by atoms with Crippen LogP contribution in [-0.4, -0.2) is 28.0 Å². The van der Waals surface area contributed by atoms with E-state index < -0.39 is 5.97 Å². The average molecular weight is 311 g/mol. The van der Waals surface area contributed by atoms with Crippen LogP contribution in [0.25, 0.3) is 0 Å². The quantitative estimate of drug-likeness (QED) is 0.819. The summed E-state index contributed by atoms with van der Waals surface area (Å²) < 4.78 is 0. The van der Waals surface area contributed by atoms with Gasteiger partial charge in [0.15, 0.2) is 0 Å². The van der Waals surface area contributed by atoms with E-state index in [1.54, 1.807) is 12.1 Å². The molecule has 1 saturated carbocycles. The van der Waals surface area contributed by atoms with Crippen LogP contribution in [0.2, 0.25) is 5.15 Å². The van der Waals surface area contributed by atoms with Gasteiger partial charge in [-0.3, -0.25) is 9.59 Å². The first-order valence-electron chi connectivity index (χ1n) is 7.19. The molecule has 1 heterocycles. The molecule has 0 aliphatic heterocycles. The van der Waals surface area contributed by atoms with Gasteiger partial charge in [-0.25, -0.2) is 4.98 Å². The Morgan fingerprint density at radius 1 is 1.43 bits per heavy atom. The number of rotatable bonds is 5. The number of aromatic nitrogens is 1. The summed E-state index contributed by atoms with van der Waals surface area (Å²) >= 11 is 5.94. The third kappa shape index (κ3) is 4.17. The molecule has 1 fully saturated rings. The summed E-state index contributed by atoms with van der Waals surface area (Å²) in [7, 11) is 0. The molecule has 2 N–H and O–H groups in total. The fourth-order valence-electron chi connectivity index (χ4n) is 2.67.